The van der Waals surface area contributed by atoms with Gasteiger partial charge in [-0.1, -0.05) is 13.3 Å². The Balaban J connectivity index is 0. The first-order valence-corrected chi connectivity index (χ1v) is 2.76. The molecule has 0 rings (SSSR count). The van der Waals surface area contributed by atoms with Crippen LogP contribution in [0.25, 0.3) is 0 Å². The minimum absolute atomic E-state index is 0.250. The Kier molecular flexibility index (Phi) is 19.1. The monoisotopic (exact) mass is 130 g/mol. The quantitative estimate of drug-likeness (QED) is 0.419. The van der Waals surface area contributed by atoms with E-state index in [1.54, 1.807) is 0 Å². The summed E-state index contributed by atoms with van der Waals surface area (Å²) in [6, 6.07) is 0. The Morgan fingerprint density at radius 1 is 1.44 bits per heavy atom. The minimum Gasteiger partial charge on any atom is -0.303 e. The number of hydrogen-bond acceptors (Lipinski definition) is 3. The summed E-state index contributed by atoms with van der Waals surface area (Å²) in [5, 5.41) is 0. The zero-order valence-electron chi connectivity index (χ0n) is 5.42. The third-order valence-corrected chi connectivity index (χ3v) is 0.676. The van der Waals surface area contributed by atoms with Crippen molar-refractivity contribution in [1.82, 2.24) is 0 Å². The summed E-state index contributed by atoms with van der Waals surface area (Å²) in [6.07, 6.45) is 4.11. The molecule has 0 aliphatic rings. The topological polar surface area (TPSA) is 51.2 Å². The lowest BCUT2D eigenvalue weighted by molar-refractivity contribution is -0.191. The van der Waals surface area contributed by atoms with Crippen LogP contribution >= 0.6 is 0 Å². The molecule has 0 bridgehead atoms. The van der Waals surface area contributed by atoms with Gasteiger partial charge >= 0.3 is 6.15 Å². The maximum Gasteiger partial charge on any atom is 0.373 e. The third kappa shape index (κ3) is 42.8. The van der Waals surface area contributed by atoms with Crippen molar-refractivity contribution in [2.24, 2.45) is 0 Å². The zero-order chi connectivity index (χ0) is 7.54. The first kappa shape index (κ1) is 10.9. The van der Waals surface area contributed by atoms with Crippen molar-refractivity contribution in [2.45, 2.75) is 26.2 Å². The molecule has 9 heavy (non-hydrogen) atoms. The first-order valence-electron chi connectivity index (χ1n) is 2.76. The second-order valence-corrected chi connectivity index (χ2v) is 1.39. The average molecular weight is 130 g/mol. The van der Waals surface area contributed by atoms with Gasteiger partial charge in [0.2, 0.25) is 0 Å². The number of carbonyl (C=O) groups excluding carboxylic acids is 3. The molecule has 3 nitrogen and oxygen atoms in total. The number of aldehydes is 1. The van der Waals surface area contributed by atoms with E-state index in [0.29, 0.717) is 0 Å². The van der Waals surface area contributed by atoms with Gasteiger partial charge in [0.05, 0.1) is 0 Å². The Morgan fingerprint density at radius 3 is 2.00 bits per heavy atom. The van der Waals surface area contributed by atoms with E-state index in [4.69, 9.17) is 9.59 Å². The van der Waals surface area contributed by atoms with Crippen LogP contribution in [-0.2, 0) is 14.4 Å². The number of hydrogen-bond donors (Lipinski definition) is 0. The zero-order valence-corrected chi connectivity index (χ0v) is 5.42. The van der Waals surface area contributed by atoms with E-state index in [1.165, 1.54) is 0 Å². The predicted molar refractivity (Wildman–Crippen MR) is 30.6 cm³/mol. The van der Waals surface area contributed by atoms with Crippen molar-refractivity contribution in [3.05, 3.63) is 0 Å². The highest BCUT2D eigenvalue weighted by molar-refractivity contribution is 5.48. The van der Waals surface area contributed by atoms with Crippen LogP contribution in [-0.4, -0.2) is 12.4 Å². The highest BCUT2D eigenvalue weighted by atomic mass is 16.2. The second kappa shape index (κ2) is 15.7. The summed E-state index contributed by atoms with van der Waals surface area (Å²) in [5.74, 6) is 0. The van der Waals surface area contributed by atoms with E-state index >= 15 is 0 Å². The van der Waals surface area contributed by atoms with Crippen LogP contribution in [0.5, 0.6) is 0 Å². The largest absolute Gasteiger partial charge is 0.373 e. The standard InChI is InChI=1S/C5H10O.CO2/c1-2-3-4-5-6;2-1-3/h5H,2-4H2,1H3;. The predicted octanol–water partition coefficient (Wildman–Crippen LogP) is 0.792. The minimum atomic E-state index is 0.250. The molecule has 0 aromatic heterocycles. The summed E-state index contributed by atoms with van der Waals surface area (Å²) < 4.78 is 0. The van der Waals surface area contributed by atoms with Crippen molar-refractivity contribution in [3.8, 4) is 0 Å². The molecule has 0 spiro atoms. The molecule has 0 unspecified atom stereocenters. The summed E-state index contributed by atoms with van der Waals surface area (Å²) in [7, 11) is 0. The van der Waals surface area contributed by atoms with Gasteiger partial charge in [-0.15, -0.1) is 0 Å². The molecule has 0 aliphatic carbocycles. The van der Waals surface area contributed by atoms with Gasteiger partial charge in [0.1, 0.15) is 6.29 Å². The first-order chi connectivity index (χ1) is 4.33. The average Bonchev–Trinajstić information content (AvgIpc) is 1.86. The van der Waals surface area contributed by atoms with Crippen molar-refractivity contribution in [1.29, 1.82) is 0 Å². The lowest BCUT2D eigenvalue weighted by Crippen LogP contribution is -1.70. The molecular formula is C6H10O3. The van der Waals surface area contributed by atoms with Crippen LogP contribution in [0.4, 0.5) is 0 Å². The highest BCUT2D eigenvalue weighted by Crippen LogP contribution is 1.87. The van der Waals surface area contributed by atoms with Crippen LogP contribution in [0.3, 0.4) is 0 Å². The molecule has 0 atom stereocenters. The van der Waals surface area contributed by atoms with Gasteiger partial charge in [-0.2, -0.15) is 9.59 Å². The summed E-state index contributed by atoms with van der Waals surface area (Å²) in [5.41, 5.74) is 0. The Morgan fingerprint density at radius 2 is 1.89 bits per heavy atom. The van der Waals surface area contributed by atoms with Gasteiger partial charge < -0.3 is 4.79 Å². The van der Waals surface area contributed by atoms with Crippen LogP contribution in [0.2, 0.25) is 0 Å². The molecule has 3 heteroatoms. The van der Waals surface area contributed by atoms with E-state index in [2.05, 4.69) is 6.92 Å². The van der Waals surface area contributed by atoms with E-state index < -0.39 is 0 Å². The Labute approximate surface area is 54.1 Å². The van der Waals surface area contributed by atoms with Crippen molar-refractivity contribution in [3.63, 3.8) is 0 Å². The SMILES string of the molecule is CCCCC=O.O=C=O. The molecule has 0 saturated carbocycles. The molecule has 0 aromatic rings. The molecule has 0 aliphatic heterocycles. The summed E-state index contributed by atoms with van der Waals surface area (Å²) in [4.78, 5) is 25.8. The van der Waals surface area contributed by atoms with Crippen LogP contribution in [0, 0.1) is 0 Å². The normalized spacial score (nSPS) is 6.33. The van der Waals surface area contributed by atoms with Crippen LogP contribution < -0.4 is 0 Å². The van der Waals surface area contributed by atoms with E-state index in [0.717, 1.165) is 25.5 Å². The fourth-order valence-electron chi connectivity index (χ4n) is 0.287. The third-order valence-electron chi connectivity index (χ3n) is 0.676. The molecule has 0 amide bonds. The molecule has 0 radical (unpaired) electrons. The maximum absolute atomic E-state index is 9.56. The smallest absolute Gasteiger partial charge is 0.303 e. The number of unbranched alkanes of at least 4 members (excludes halogenated alkanes) is 2. The number of rotatable bonds is 3. The molecule has 0 N–H and O–H groups in total. The van der Waals surface area contributed by atoms with Gasteiger partial charge in [0.15, 0.2) is 0 Å². The number of carbonyl (C=O) groups is 1. The lowest BCUT2D eigenvalue weighted by atomic mass is 10.3. The second-order valence-electron chi connectivity index (χ2n) is 1.39. The summed E-state index contributed by atoms with van der Waals surface area (Å²) in [6.45, 7) is 2.07. The fraction of sp³-hybridized carbons (Fsp3) is 0.667. The lowest BCUT2D eigenvalue weighted by Gasteiger charge is -1.79. The highest BCUT2D eigenvalue weighted by Gasteiger charge is 1.74. The van der Waals surface area contributed by atoms with Gasteiger partial charge in [-0.3, -0.25) is 0 Å². The van der Waals surface area contributed by atoms with Crippen molar-refractivity contribution >= 4 is 12.4 Å². The molecule has 52 valence electrons. The van der Waals surface area contributed by atoms with Gasteiger partial charge in [0, 0.05) is 6.42 Å². The van der Waals surface area contributed by atoms with E-state index in [1.807, 2.05) is 0 Å². The van der Waals surface area contributed by atoms with Gasteiger partial charge in [0.25, 0.3) is 0 Å². The Hall–Kier alpha value is -0.950. The van der Waals surface area contributed by atoms with Crippen molar-refractivity contribution in [2.75, 3.05) is 0 Å². The van der Waals surface area contributed by atoms with Crippen molar-refractivity contribution < 1.29 is 14.4 Å². The molecular weight excluding hydrogens is 120 g/mol. The Bertz CT molecular complexity index is 82.3. The summed E-state index contributed by atoms with van der Waals surface area (Å²) >= 11 is 0. The van der Waals surface area contributed by atoms with E-state index in [9.17, 15) is 4.79 Å². The van der Waals surface area contributed by atoms with Gasteiger partial charge in [-0.05, 0) is 6.42 Å². The molecule has 0 heterocycles. The maximum atomic E-state index is 9.56. The van der Waals surface area contributed by atoms with Crippen LogP contribution in [0.15, 0.2) is 0 Å². The van der Waals surface area contributed by atoms with Crippen LogP contribution in [0.1, 0.15) is 26.2 Å². The molecule has 0 saturated heterocycles. The van der Waals surface area contributed by atoms with E-state index in [-0.39, 0.29) is 6.15 Å². The van der Waals surface area contributed by atoms with Gasteiger partial charge in [-0.25, -0.2) is 0 Å². The fourth-order valence-corrected chi connectivity index (χ4v) is 0.287. The molecule has 0 fully saturated rings. The molecule has 0 aromatic carbocycles.